The second-order valence-corrected chi connectivity index (χ2v) is 4.08. The first-order valence-corrected chi connectivity index (χ1v) is 5.27. The molecule has 5 nitrogen and oxygen atoms in total. The topological polar surface area (TPSA) is 75.6 Å². The first kappa shape index (κ1) is 11.4. The summed E-state index contributed by atoms with van der Waals surface area (Å²) in [4.78, 5) is 22.1. The standard InChI is InChI=1S/C12H13NO4/c1-17-11(16)13-9-4-2-8(3-5-9)12(6-7-12)10(14)15/h2-5H,6-7H2,1H3,(H,13,16)(H,14,15). The number of hydrogen-bond donors (Lipinski definition) is 2. The monoisotopic (exact) mass is 235 g/mol. The third kappa shape index (κ3) is 2.08. The van der Waals surface area contributed by atoms with Gasteiger partial charge in [-0.2, -0.15) is 0 Å². The number of rotatable bonds is 3. The molecule has 2 N–H and O–H groups in total. The van der Waals surface area contributed by atoms with E-state index in [9.17, 15) is 9.59 Å². The van der Waals surface area contributed by atoms with Gasteiger partial charge in [0, 0.05) is 5.69 Å². The number of hydrogen-bond acceptors (Lipinski definition) is 3. The van der Waals surface area contributed by atoms with Gasteiger partial charge >= 0.3 is 12.1 Å². The van der Waals surface area contributed by atoms with Crippen LogP contribution in [0.5, 0.6) is 0 Å². The maximum absolute atomic E-state index is 11.1. The summed E-state index contributed by atoms with van der Waals surface area (Å²) in [6, 6.07) is 6.81. The molecule has 0 aliphatic heterocycles. The Morgan fingerprint density at radius 1 is 1.29 bits per heavy atom. The largest absolute Gasteiger partial charge is 0.481 e. The number of methoxy groups -OCH3 is 1. The number of benzene rings is 1. The van der Waals surface area contributed by atoms with Crippen LogP contribution in [0.3, 0.4) is 0 Å². The molecule has 0 aromatic heterocycles. The quantitative estimate of drug-likeness (QED) is 0.839. The van der Waals surface area contributed by atoms with Gasteiger partial charge in [-0.25, -0.2) is 4.79 Å². The fraction of sp³-hybridized carbons (Fsp3) is 0.333. The minimum Gasteiger partial charge on any atom is -0.481 e. The van der Waals surface area contributed by atoms with Crippen LogP contribution in [0.15, 0.2) is 24.3 Å². The van der Waals surface area contributed by atoms with E-state index in [1.165, 1.54) is 7.11 Å². The Balaban J connectivity index is 2.14. The number of carbonyl (C=O) groups is 2. The van der Waals surface area contributed by atoms with Crippen LogP contribution in [-0.2, 0) is 14.9 Å². The Kier molecular flexibility index (Phi) is 2.75. The summed E-state index contributed by atoms with van der Waals surface area (Å²) in [6.07, 6.45) is 0.801. The third-order valence-corrected chi connectivity index (χ3v) is 3.03. The van der Waals surface area contributed by atoms with Crippen molar-refractivity contribution in [2.24, 2.45) is 0 Å². The van der Waals surface area contributed by atoms with Crippen LogP contribution in [0, 0.1) is 0 Å². The molecule has 0 radical (unpaired) electrons. The van der Waals surface area contributed by atoms with Crippen LogP contribution in [0.2, 0.25) is 0 Å². The van der Waals surface area contributed by atoms with Crippen LogP contribution >= 0.6 is 0 Å². The highest BCUT2D eigenvalue weighted by Crippen LogP contribution is 2.48. The Bertz CT molecular complexity index is 448. The summed E-state index contributed by atoms with van der Waals surface area (Å²) in [6.45, 7) is 0. The molecule has 0 bridgehead atoms. The number of amides is 1. The van der Waals surface area contributed by atoms with Gasteiger partial charge in [0.1, 0.15) is 0 Å². The van der Waals surface area contributed by atoms with Crippen LogP contribution in [0.25, 0.3) is 0 Å². The Morgan fingerprint density at radius 2 is 1.88 bits per heavy atom. The fourth-order valence-corrected chi connectivity index (χ4v) is 1.79. The number of carboxylic acid groups (broad SMARTS) is 1. The van der Waals surface area contributed by atoms with Crippen molar-refractivity contribution in [2.45, 2.75) is 18.3 Å². The molecule has 1 amide bonds. The average Bonchev–Trinajstić information content (AvgIpc) is 3.11. The average molecular weight is 235 g/mol. The lowest BCUT2D eigenvalue weighted by Crippen LogP contribution is -2.19. The van der Waals surface area contributed by atoms with Crippen molar-refractivity contribution in [3.05, 3.63) is 29.8 Å². The van der Waals surface area contributed by atoms with E-state index in [0.29, 0.717) is 18.5 Å². The number of anilines is 1. The lowest BCUT2D eigenvalue weighted by Gasteiger charge is -2.11. The normalized spacial score (nSPS) is 16.1. The zero-order valence-corrected chi connectivity index (χ0v) is 9.40. The molecule has 0 spiro atoms. The Labute approximate surface area is 98.4 Å². The molecule has 1 aliphatic carbocycles. The fourth-order valence-electron chi connectivity index (χ4n) is 1.79. The molecule has 2 rings (SSSR count). The molecule has 5 heteroatoms. The van der Waals surface area contributed by atoms with Gasteiger partial charge in [0.25, 0.3) is 0 Å². The summed E-state index contributed by atoms with van der Waals surface area (Å²) in [5, 5.41) is 11.6. The molecule has 1 fully saturated rings. The number of aliphatic carboxylic acids is 1. The van der Waals surface area contributed by atoms with Gasteiger partial charge in [-0.05, 0) is 30.5 Å². The van der Waals surface area contributed by atoms with E-state index < -0.39 is 17.5 Å². The minimum atomic E-state index is -0.786. The molecular weight excluding hydrogens is 222 g/mol. The molecule has 1 aromatic carbocycles. The minimum absolute atomic E-state index is 0.544. The van der Waals surface area contributed by atoms with E-state index >= 15 is 0 Å². The van der Waals surface area contributed by atoms with Crippen LogP contribution in [-0.4, -0.2) is 24.3 Å². The van der Waals surface area contributed by atoms with Crippen molar-refractivity contribution >= 4 is 17.7 Å². The van der Waals surface area contributed by atoms with Gasteiger partial charge in [0.15, 0.2) is 0 Å². The smallest absolute Gasteiger partial charge is 0.411 e. The molecule has 1 aliphatic rings. The van der Waals surface area contributed by atoms with E-state index in [1.807, 2.05) is 0 Å². The van der Waals surface area contributed by atoms with Crippen molar-refractivity contribution in [2.75, 3.05) is 12.4 Å². The van der Waals surface area contributed by atoms with Gasteiger partial charge in [-0.1, -0.05) is 12.1 Å². The predicted molar refractivity (Wildman–Crippen MR) is 61.0 cm³/mol. The SMILES string of the molecule is COC(=O)Nc1ccc(C2(C(=O)O)CC2)cc1. The molecular formula is C12H13NO4. The lowest BCUT2D eigenvalue weighted by atomic mass is 9.96. The zero-order valence-electron chi connectivity index (χ0n) is 9.40. The number of ether oxygens (including phenoxy) is 1. The highest BCUT2D eigenvalue weighted by Gasteiger charge is 2.51. The second kappa shape index (κ2) is 4.08. The number of nitrogens with one attached hydrogen (secondary N) is 1. The summed E-state index contributed by atoms with van der Waals surface area (Å²) in [7, 11) is 1.29. The summed E-state index contributed by atoms with van der Waals surface area (Å²) < 4.78 is 4.46. The molecule has 1 saturated carbocycles. The van der Waals surface area contributed by atoms with E-state index in [4.69, 9.17) is 5.11 Å². The van der Waals surface area contributed by atoms with Crippen LogP contribution < -0.4 is 5.32 Å². The maximum atomic E-state index is 11.1. The zero-order chi connectivity index (χ0) is 12.5. The van der Waals surface area contributed by atoms with Crippen LogP contribution in [0.1, 0.15) is 18.4 Å². The van der Waals surface area contributed by atoms with E-state index in [-0.39, 0.29) is 0 Å². The predicted octanol–water partition coefficient (Wildman–Crippen LogP) is 1.98. The van der Waals surface area contributed by atoms with E-state index in [1.54, 1.807) is 24.3 Å². The van der Waals surface area contributed by atoms with Crippen molar-refractivity contribution in [3.8, 4) is 0 Å². The summed E-state index contributed by atoms with van der Waals surface area (Å²) in [5.41, 5.74) is 0.659. The summed E-state index contributed by atoms with van der Waals surface area (Å²) >= 11 is 0. The number of carboxylic acids is 1. The molecule has 0 unspecified atom stereocenters. The summed E-state index contributed by atoms with van der Waals surface area (Å²) in [5.74, 6) is -0.786. The Hall–Kier alpha value is -2.04. The van der Waals surface area contributed by atoms with Crippen molar-refractivity contribution in [1.82, 2.24) is 0 Å². The molecule has 0 heterocycles. The maximum Gasteiger partial charge on any atom is 0.411 e. The first-order valence-electron chi connectivity index (χ1n) is 5.27. The molecule has 90 valence electrons. The van der Waals surface area contributed by atoms with Crippen molar-refractivity contribution in [3.63, 3.8) is 0 Å². The van der Waals surface area contributed by atoms with Gasteiger partial charge in [-0.15, -0.1) is 0 Å². The lowest BCUT2D eigenvalue weighted by molar-refractivity contribution is -0.140. The number of carbonyl (C=O) groups excluding carboxylic acids is 1. The third-order valence-electron chi connectivity index (χ3n) is 3.03. The van der Waals surface area contributed by atoms with Crippen molar-refractivity contribution in [1.29, 1.82) is 0 Å². The van der Waals surface area contributed by atoms with Crippen LogP contribution in [0.4, 0.5) is 10.5 Å². The van der Waals surface area contributed by atoms with Gasteiger partial charge in [0.2, 0.25) is 0 Å². The molecule has 0 atom stereocenters. The van der Waals surface area contributed by atoms with Gasteiger partial charge in [0.05, 0.1) is 12.5 Å². The van der Waals surface area contributed by atoms with Gasteiger partial charge < -0.3 is 9.84 Å². The highest BCUT2D eigenvalue weighted by atomic mass is 16.5. The van der Waals surface area contributed by atoms with E-state index in [2.05, 4.69) is 10.1 Å². The van der Waals surface area contributed by atoms with E-state index in [0.717, 1.165) is 5.56 Å². The molecule has 17 heavy (non-hydrogen) atoms. The second-order valence-electron chi connectivity index (χ2n) is 4.08. The molecule has 1 aromatic rings. The highest BCUT2D eigenvalue weighted by molar-refractivity contribution is 5.86. The van der Waals surface area contributed by atoms with Crippen molar-refractivity contribution < 1.29 is 19.4 Å². The molecule has 0 saturated heterocycles. The first-order chi connectivity index (χ1) is 8.08. The Morgan fingerprint density at radius 3 is 2.29 bits per heavy atom. The van der Waals surface area contributed by atoms with Gasteiger partial charge in [-0.3, -0.25) is 10.1 Å².